The third kappa shape index (κ3) is 6.02. The zero-order valence-electron chi connectivity index (χ0n) is 16.9. The molecule has 1 aliphatic heterocycles. The lowest BCUT2D eigenvalue weighted by Gasteiger charge is -2.33. The molecule has 1 amide bonds. The van der Waals surface area contributed by atoms with Gasteiger partial charge in [0.2, 0.25) is 15.9 Å². The van der Waals surface area contributed by atoms with E-state index in [2.05, 4.69) is 26.1 Å². The van der Waals surface area contributed by atoms with Crippen LogP contribution in [-0.4, -0.2) is 62.3 Å². The molecule has 27 heavy (non-hydrogen) atoms. The van der Waals surface area contributed by atoms with E-state index in [1.807, 2.05) is 24.0 Å². The van der Waals surface area contributed by atoms with Crippen molar-refractivity contribution in [2.24, 2.45) is 0 Å². The first kappa shape index (κ1) is 21.9. The van der Waals surface area contributed by atoms with Gasteiger partial charge in [-0.05, 0) is 37.0 Å². The molecule has 7 heteroatoms. The van der Waals surface area contributed by atoms with Crippen molar-refractivity contribution in [1.29, 1.82) is 0 Å². The molecule has 2 rings (SSSR count). The molecule has 0 aliphatic carbocycles. The molecule has 1 aliphatic rings. The van der Waals surface area contributed by atoms with Crippen molar-refractivity contribution in [1.82, 2.24) is 14.5 Å². The third-order valence-corrected chi connectivity index (χ3v) is 6.92. The first-order chi connectivity index (χ1) is 12.7. The van der Waals surface area contributed by atoms with Crippen LogP contribution in [0.5, 0.6) is 0 Å². The first-order valence-corrected chi connectivity index (χ1v) is 11.3. The molecule has 0 saturated carbocycles. The lowest BCUT2D eigenvalue weighted by Crippen LogP contribution is -2.51. The maximum atomic E-state index is 12.8. The van der Waals surface area contributed by atoms with Crippen molar-refractivity contribution >= 4 is 15.9 Å². The van der Waals surface area contributed by atoms with Crippen LogP contribution in [0.2, 0.25) is 0 Å². The predicted molar refractivity (Wildman–Crippen MR) is 108 cm³/mol. The highest BCUT2D eigenvalue weighted by atomic mass is 32.2. The second-order valence-corrected chi connectivity index (χ2v) is 9.60. The first-order valence-electron chi connectivity index (χ1n) is 9.85. The van der Waals surface area contributed by atoms with E-state index in [1.165, 1.54) is 4.31 Å². The van der Waals surface area contributed by atoms with Crippen LogP contribution in [0.4, 0.5) is 0 Å². The molecule has 152 valence electrons. The normalized spacial score (nSPS) is 17.8. The van der Waals surface area contributed by atoms with Crippen LogP contribution in [-0.2, 0) is 14.8 Å². The van der Waals surface area contributed by atoms with Gasteiger partial charge in [0.15, 0.2) is 0 Å². The van der Waals surface area contributed by atoms with Crippen molar-refractivity contribution in [2.45, 2.75) is 57.4 Å². The van der Waals surface area contributed by atoms with Crippen molar-refractivity contribution < 1.29 is 13.2 Å². The van der Waals surface area contributed by atoms with Crippen LogP contribution in [0.15, 0.2) is 29.2 Å². The van der Waals surface area contributed by atoms with Gasteiger partial charge in [-0.15, -0.1) is 0 Å². The number of carbonyl (C=O) groups is 1. The lowest BCUT2D eigenvalue weighted by atomic mass is 10.0. The second kappa shape index (κ2) is 9.66. The highest BCUT2D eigenvalue weighted by Crippen LogP contribution is 2.21. The number of rotatable bonds is 8. The van der Waals surface area contributed by atoms with Crippen LogP contribution >= 0.6 is 0 Å². The van der Waals surface area contributed by atoms with Crippen LogP contribution in [0.1, 0.15) is 52.0 Å². The number of hydrogen-bond donors (Lipinski definition) is 1. The quantitative estimate of drug-likeness (QED) is 0.734. The monoisotopic (exact) mass is 395 g/mol. The SMILES string of the molecule is CCCC(C)NC(=O)CN1CCN(S(=O)(=O)c2ccc(C(C)C)cc2)CC1. The zero-order chi connectivity index (χ0) is 20.0. The Bertz CT molecular complexity index is 708. The van der Waals surface area contributed by atoms with Crippen LogP contribution < -0.4 is 5.32 Å². The van der Waals surface area contributed by atoms with Crippen molar-refractivity contribution in [3.05, 3.63) is 29.8 Å². The molecule has 1 heterocycles. The summed E-state index contributed by atoms with van der Waals surface area (Å²) in [5.41, 5.74) is 1.13. The zero-order valence-corrected chi connectivity index (χ0v) is 17.8. The highest BCUT2D eigenvalue weighted by Gasteiger charge is 2.29. The van der Waals surface area contributed by atoms with E-state index in [-0.39, 0.29) is 11.9 Å². The fourth-order valence-corrected chi connectivity index (χ4v) is 4.75. The number of nitrogens with zero attached hydrogens (tertiary/aromatic N) is 2. The maximum absolute atomic E-state index is 12.8. The number of hydrogen-bond acceptors (Lipinski definition) is 4. The molecular formula is C20H33N3O3S. The van der Waals surface area contributed by atoms with Crippen molar-refractivity contribution in [2.75, 3.05) is 32.7 Å². The molecule has 0 spiro atoms. The lowest BCUT2D eigenvalue weighted by molar-refractivity contribution is -0.123. The minimum Gasteiger partial charge on any atom is -0.353 e. The fourth-order valence-electron chi connectivity index (χ4n) is 3.33. The molecule has 0 aromatic heterocycles. The van der Waals surface area contributed by atoms with Gasteiger partial charge in [0, 0.05) is 32.2 Å². The standard InChI is InChI=1S/C20H33N3O3S/c1-5-6-17(4)21-20(24)15-22-11-13-23(14-12-22)27(25,26)19-9-7-18(8-10-19)16(2)3/h7-10,16-17H,5-6,11-15H2,1-4H3,(H,21,24). The number of sulfonamides is 1. The van der Waals surface area contributed by atoms with Gasteiger partial charge in [-0.1, -0.05) is 39.3 Å². The Morgan fingerprint density at radius 2 is 1.67 bits per heavy atom. The van der Waals surface area contributed by atoms with Crippen molar-refractivity contribution in [3.63, 3.8) is 0 Å². The Kier molecular flexibility index (Phi) is 7.82. The Labute approximate surface area is 164 Å². The number of amides is 1. The van der Waals surface area contributed by atoms with E-state index >= 15 is 0 Å². The van der Waals surface area contributed by atoms with E-state index in [4.69, 9.17) is 0 Å². The highest BCUT2D eigenvalue weighted by molar-refractivity contribution is 7.89. The van der Waals surface area contributed by atoms with Gasteiger partial charge in [-0.3, -0.25) is 9.69 Å². The third-order valence-electron chi connectivity index (χ3n) is 5.01. The summed E-state index contributed by atoms with van der Waals surface area (Å²) in [5, 5.41) is 3.00. The largest absolute Gasteiger partial charge is 0.353 e. The maximum Gasteiger partial charge on any atom is 0.243 e. The summed E-state index contributed by atoms with van der Waals surface area (Å²) >= 11 is 0. The van der Waals surface area contributed by atoms with Gasteiger partial charge in [-0.25, -0.2) is 8.42 Å². The average Bonchev–Trinajstić information content (AvgIpc) is 2.62. The van der Waals surface area contributed by atoms with E-state index < -0.39 is 10.0 Å². The Morgan fingerprint density at radius 3 is 2.19 bits per heavy atom. The van der Waals surface area contributed by atoms with Gasteiger partial charge >= 0.3 is 0 Å². The molecule has 1 aromatic carbocycles. The summed E-state index contributed by atoms with van der Waals surface area (Å²) < 4.78 is 27.2. The second-order valence-electron chi connectivity index (χ2n) is 7.66. The van der Waals surface area contributed by atoms with Gasteiger partial charge in [0.25, 0.3) is 0 Å². The number of benzene rings is 1. The smallest absolute Gasteiger partial charge is 0.243 e. The summed E-state index contributed by atoms with van der Waals surface area (Å²) in [6, 6.07) is 7.34. The molecular weight excluding hydrogens is 362 g/mol. The fraction of sp³-hybridized carbons (Fsp3) is 0.650. The Hall–Kier alpha value is -1.44. The van der Waals surface area contributed by atoms with E-state index in [0.29, 0.717) is 43.5 Å². The molecule has 1 N–H and O–H groups in total. The van der Waals surface area contributed by atoms with E-state index in [1.54, 1.807) is 12.1 Å². The number of piperazine rings is 1. The van der Waals surface area contributed by atoms with E-state index in [0.717, 1.165) is 18.4 Å². The molecule has 0 radical (unpaired) electrons. The summed E-state index contributed by atoms with van der Waals surface area (Å²) in [6.07, 6.45) is 2.00. The van der Waals surface area contributed by atoms with Gasteiger partial charge in [-0.2, -0.15) is 4.31 Å². The minimum atomic E-state index is -3.48. The van der Waals surface area contributed by atoms with Crippen LogP contribution in [0, 0.1) is 0 Å². The molecule has 1 fully saturated rings. The summed E-state index contributed by atoms with van der Waals surface area (Å²) in [6.45, 7) is 10.6. The van der Waals surface area contributed by atoms with Crippen LogP contribution in [0.25, 0.3) is 0 Å². The molecule has 1 unspecified atom stereocenters. The summed E-state index contributed by atoms with van der Waals surface area (Å²) in [5.74, 6) is 0.382. The Balaban J connectivity index is 1.89. The van der Waals surface area contributed by atoms with Crippen LogP contribution in [0.3, 0.4) is 0 Å². The molecule has 1 atom stereocenters. The molecule has 6 nitrogen and oxygen atoms in total. The molecule has 1 saturated heterocycles. The van der Waals surface area contributed by atoms with Gasteiger partial charge < -0.3 is 5.32 Å². The van der Waals surface area contributed by atoms with E-state index in [9.17, 15) is 13.2 Å². The summed E-state index contributed by atoms with van der Waals surface area (Å²) in [4.78, 5) is 14.5. The Morgan fingerprint density at radius 1 is 1.07 bits per heavy atom. The van der Waals surface area contributed by atoms with Gasteiger partial charge in [0.1, 0.15) is 0 Å². The van der Waals surface area contributed by atoms with Crippen molar-refractivity contribution in [3.8, 4) is 0 Å². The van der Waals surface area contributed by atoms with Gasteiger partial charge in [0.05, 0.1) is 11.4 Å². The average molecular weight is 396 g/mol. The molecule has 1 aromatic rings. The predicted octanol–water partition coefficient (Wildman–Crippen LogP) is 2.42. The number of carbonyl (C=O) groups excluding carboxylic acids is 1. The molecule has 0 bridgehead atoms. The number of nitrogens with one attached hydrogen (secondary N) is 1. The minimum absolute atomic E-state index is 0.0107. The summed E-state index contributed by atoms with van der Waals surface area (Å²) in [7, 11) is -3.48. The topological polar surface area (TPSA) is 69.7 Å².